The van der Waals surface area contributed by atoms with Gasteiger partial charge in [0.2, 0.25) is 0 Å². The number of alkyl halides is 2. The van der Waals surface area contributed by atoms with Crippen LogP contribution in [0.4, 0.5) is 17.6 Å². The Morgan fingerprint density at radius 1 is 0.833 bits per heavy atom. The number of halogens is 4. The largest absolute Gasteiger partial charge is 0.429 e. The summed E-state index contributed by atoms with van der Waals surface area (Å²) in [5.41, 5.74) is 1.33. The van der Waals surface area contributed by atoms with Gasteiger partial charge >= 0.3 is 6.11 Å². The fourth-order valence-corrected chi connectivity index (χ4v) is 3.03. The average molecular weight is 413 g/mol. The van der Waals surface area contributed by atoms with E-state index in [0.717, 1.165) is 29.7 Å². The molecule has 0 atom stereocenters. The molecule has 0 aromatic heterocycles. The number of benzene rings is 3. The molecule has 0 saturated heterocycles. The molecule has 2 nitrogen and oxygen atoms in total. The van der Waals surface area contributed by atoms with Gasteiger partial charge in [-0.1, -0.05) is 31.2 Å². The van der Waals surface area contributed by atoms with Gasteiger partial charge < -0.3 is 4.74 Å². The summed E-state index contributed by atoms with van der Waals surface area (Å²) in [5.74, 6) is -1.78. The van der Waals surface area contributed by atoms with Gasteiger partial charge in [-0.25, -0.2) is 8.78 Å². The second kappa shape index (κ2) is 9.00. The van der Waals surface area contributed by atoms with Gasteiger partial charge in [0.25, 0.3) is 0 Å². The molecule has 0 N–H and O–H groups in total. The molecule has 3 aromatic carbocycles. The van der Waals surface area contributed by atoms with Crippen molar-refractivity contribution in [2.75, 3.05) is 0 Å². The van der Waals surface area contributed by atoms with Crippen molar-refractivity contribution < 1.29 is 22.3 Å². The fraction of sp³-hybridized carbons (Fsp3) is 0.208. The van der Waals surface area contributed by atoms with Gasteiger partial charge in [-0.15, -0.1) is 0 Å². The zero-order chi connectivity index (χ0) is 21.7. The van der Waals surface area contributed by atoms with Gasteiger partial charge in [-0.3, -0.25) is 0 Å². The number of nitrogens with zero attached hydrogens (tertiary/aromatic N) is 1. The highest BCUT2D eigenvalue weighted by atomic mass is 19.3. The molecule has 0 aliphatic rings. The van der Waals surface area contributed by atoms with E-state index in [2.05, 4.69) is 0 Å². The molecule has 154 valence electrons. The lowest BCUT2D eigenvalue weighted by Crippen LogP contribution is -2.21. The van der Waals surface area contributed by atoms with Crippen LogP contribution in [0.15, 0.2) is 60.7 Å². The van der Waals surface area contributed by atoms with E-state index in [-0.39, 0.29) is 11.3 Å². The topological polar surface area (TPSA) is 33.0 Å². The first kappa shape index (κ1) is 21.4. The average Bonchev–Trinajstić information content (AvgIpc) is 2.73. The molecule has 0 saturated carbocycles. The van der Waals surface area contributed by atoms with Crippen LogP contribution in [0.3, 0.4) is 0 Å². The quantitative estimate of drug-likeness (QED) is 0.425. The van der Waals surface area contributed by atoms with E-state index in [1.807, 2.05) is 6.92 Å². The minimum Gasteiger partial charge on any atom is -0.429 e. The molecule has 0 unspecified atom stereocenters. The van der Waals surface area contributed by atoms with Crippen molar-refractivity contribution >= 4 is 0 Å². The number of ether oxygens (including phenoxy) is 1. The maximum Gasteiger partial charge on any atom is 0.426 e. The minimum atomic E-state index is -3.47. The predicted octanol–water partition coefficient (Wildman–Crippen LogP) is 6.31. The smallest absolute Gasteiger partial charge is 0.426 e. The zero-order valence-corrected chi connectivity index (χ0v) is 16.3. The summed E-state index contributed by atoms with van der Waals surface area (Å²) in [6, 6.07) is 15.8. The second-order valence-corrected chi connectivity index (χ2v) is 6.86. The fourth-order valence-electron chi connectivity index (χ4n) is 3.03. The molecule has 6 heteroatoms. The lowest BCUT2D eigenvalue weighted by atomic mass is 10.0. The van der Waals surface area contributed by atoms with Gasteiger partial charge in [0.15, 0.2) is 0 Å². The van der Waals surface area contributed by atoms with Gasteiger partial charge in [-0.05, 0) is 72.4 Å². The Hall–Kier alpha value is -3.33. The predicted molar refractivity (Wildman–Crippen MR) is 105 cm³/mol. The van der Waals surface area contributed by atoms with Crippen molar-refractivity contribution in [3.63, 3.8) is 0 Å². The van der Waals surface area contributed by atoms with Crippen LogP contribution in [-0.2, 0) is 25.4 Å². The molecule has 0 bridgehead atoms. The standard InChI is InChI=1S/C24H19F4NO/c1-2-16-5-9-19(10-6-16)24(27,28)30-20-11-7-17(8-12-20)3-4-18-13-22(25)21(15-29)23(26)14-18/h5-14H,2-4H2,1H3. The maximum absolute atomic E-state index is 14.4. The Morgan fingerprint density at radius 2 is 1.37 bits per heavy atom. The lowest BCUT2D eigenvalue weighted by Gasteiger charge is -2.18. The van der Waals surface area contributed by atoms with Crippen LogP contribution >= 0.6 is 0 Å². The van der Waals surface area contributed by atoms with Crippen LogP contribution in [0, 0.1) is 23.0 Å². The molecule has 30 heavy (non-hydrogen) atoms. The summed E-state index contributed by atoms with van der Waals surface area (Å²) in [6.45, 7) is 1.94. The van der Waals surface area contributed by atoms with Crippen molar-refractivity contribution in [1.82, 2.24) is 0 Å². The third kappa shape index (κ3) is 4.98. The number of rotatable bonds is 7. The van der Waals surface area contributed by atoms with Crippen LogP contribution in [0.25, 0.3) is 0 Å². The van der Waals surface area contributed by atoms with E-state index < -0.39 is 23.3 Å². The van der Waals surface area contributed by atoms with Crippen molar-refractivity contribution in [3.05, 3.63) is 100 Å². The van der Waals surface area contributed by atoms with E-state index in [9.17, 15) is 17.6 Å². The molecule has 0 aliphatic heterocycles. The van der Waals surface area contributed by atoms with Gasteiger partial charge in [0.05, 0.1) is 5.56 Å². The van der Waals surface area contributed by atoms with Crippen molar-refractivity contribution in [2.45, 2.75) is 32.3 Å². The molecule has 0 spiro atoms. The highest BCUT2D eigenvalue weighted by molar-refractivity contribution is 5.36. The summed E-state index contributed by atoms with van der Waals surface area (Å²) >= 11 is 0. The van der Waals surface area contributed by atoms with Crippen molar-refractivity contribution in [2.24, 2.45) is 0 Å². The number of aryl methyl sites for hydroxylation is 3. The first-order valence-corrected chi connectivity index (χ1v) is 9.45. The Bertz CT molecular complexity index is 1030. The maximum atomic E-state index is 14.4. The lowest BCUT2D eigenvalue weighted by molar-refractivity contribution is -0.185. The Balaban J connectivity index is 1.64. The van der Waals surface area contributed by atoms with Crippen molar-refractivity contribution in [1.29, 1.82) is 5.26 Å². The van der Waals surface area contributed by atoms with Gasteiger partial charge in [0.1, 0.15) is 29.0 Å². The molecule has 3 rings (SSSR count). The summed E-state index contributed by atoms with van der Waals surface area (Å²) in [5, 5.41) is 8.71. The van der Waals surface area contributed by atoms with Crippen molar-refractivity contribution in [3.8, 4) is 11.8 Å². The highest BCUT2D eigenvalue weighted by Crippen LogP contribution is 2.32. The van der Waals surface area contributed by atoms with Crippen LogP contribution in [0.1, 0.15) is 34.7 Å². The number of hydrogen-bond acceptors (Lipinski definition) is 2. The zero-order valence-electron chi connectivity index (χ0n) is 16.3. The van der Waals surface area contributed by atoms with E-state index in [1.165, 1.54) is 30.3 Å². The number of nitriles is 1. The first-order chi connectivity index (χ1) is 14.3. The third-order valence-corrected chi connectivity index (χ3v) is 4.78. The Morgan fingerprint density at radius 3 is 1.90 bits per heavy atom. The highest BCUT2D eigenvalue weighted by Gasteiger charge is 2.34. The van der Waals surface area contributed by atoms with E-state index in [0.29, 0.717) is 18.4 Å². The Labute approximate surface area is 172 Å². The van der Waals surface area contributed by atoms with Gasteiger partial charge in [0, 0.05) is 0 Å². The van der Waals surface area contributed by atoms with Crippen LogP contribution in [0.5, 0.6) is 5.75 Å². The normalized spacial score (nSPS) is 11.2. The summed E-state index contributed by atoms with van der Waals surface area (Å²) < 4.78 is 61.0. The van der Waals surface area contributed by atoms with Gasteiger partial charge in [-0.2, -0.15) is 14.0 Å². The minimum absolute atomic E-state index is 0.0128. The number of hydrogen-bond donors (Lipinski definition) is 0. The summed E-state index contributed by atoms with van der Waals surface area (Å²) in [4.78, 5) is 0. The first-order valence-electron chi connectivity index (χ1n) is 9.45. The molecule has 0 heterocycles. The molecular formula is C24H19F4NO. The monoisotopic (exact) mass is 413 g/mol. The molecule has 0 radical (unpaired) electrons. The molecule has 0 aliphatic carbocycles. The van der Waals surface area contributed by atoms with E-state index in [1.54, 1.807) is 24.3 Å². The molecular weight excluding hydrogens is 394 g/mol. The molecule has 3 aromatic rings. The van der Waals surface area contributed by atoms with Crippen LogP contribution in [-0.4, -0.2) is 0 Å². The van der Waals surface area contributed by atoms with Crippen LogP contribution in [0.2, 0.25) is 0 Å². The molecule has 0 amide bonds. The summed E-state index contributed by atoms with van der Waals surface area (Å²) in [7, 11) is 0. The second-order valence-electron chi connectivity index (χ2n) is 6.86. The SMILES string of the molecule is CCc1ccc(C(F)(F)Oc2ccc(CCc3cc(F)c(C#N)c(F)c3)cc2)cc1. The third-order valence-electron chi connectivity index (χ3n) is 4.78. The molecule has 0 fully saturated rings. The Kier molecular flexibility index (Phi) is 6.41. The van der Waals surface area contributed by atoms with E-state index in [4.69, 9.17) is 10.00 Å². The summed E-state index contributed by atoms with van der Waals surface area (Å²) in [6.07, 6.45) is -1.93. The van der Waals surface area contributed by atoms with E-state index >= 15 is 0 Å². The van der Waals surface area contributed by atoms with Crippen LogP contribution < -0.4 is 4.74 Å².